The van der Waals surface area contributed by atoms with E-state index in [1.54, 1.807) is 4.57 Å². The van der Waals surface area contributed by atoms with Gasteiger partial charge in [-0.05, 0) is 36.0 Å². The number of imidazole rings is 1. The first-order valence-electron chi connectivity index (χ1n) is 6.54. The molecule has 1 aliphatic carbocycles. The van der Waals surface area contributed by atoms with Crippen LogP contribution < -0.4 is 0 Å². The number of aryl methyl sites for hydroxylation is 1. The standard InChI is InChI=1S/C15H15FN2O2/c1-9-4-10(12-5-13(12)15(19)20)2-3-11(9)6-18-7-14(16)17-8-18/h2-4,7-8,12-13H,5-6H2,1H3,(H,19,20)/t12-,13+/m0/s1. The van der Waals surface area contributed by atoms with Crippen LogP contribution in [0.4, 0.5) is 4.39 Å². The van der Waals surface area contributed by atoms with Crippen molar-refractivity contribution in [3.05, 3.63) is 53.4 Å². The van der Waals surface area contributed by atoms with E-state index in [1.165, 1.54) is 12.5 Å². The summed E-state index contributed by atoms with van der Waals surface area (Å²) in [4.78, 5) is 14.5. The number of rotatable bonds is 4. The van der Waals surface area contributed by atoms with E-state index in [0.29, 0.717) is 6.54 Å². The minimum absolute atomic E-state index is 0.144. The highest BCUT2D eigenvalue weighted by atomic mass is 19.1. The number of aliphatic carboxylic acids is 1. The third-order valence-electron chi connectivity index (χ3n) is 3.86. The minimum atomic E-state index is -0.717. The van der Waals surface area contributed by atoms with Crippen LogP contribution in [0.3, 0.4) is 0 Å². The van der Waals surface area contributed by atoms with Crippen molar-refractivity contribution in [2.45, 2.75) is 25.8 Å². The molecule has 0 radical (unpaired) electrons. The van der Waals surface area contributed by atoms with Crippen molar-refractivity contribution in [1.82, 2.24) is 9.55 Å². The second kappa shape index (κ2) is 4.74. The lowest BCUT2D eigenvalue weighted by molar-refractivity contribution is -0.138. The normalized spacial score (nSPS) is 20.9. The molecule has 4 nitrogen and oxygen atoms in total. The maximum atomic E-state index is 12.8. The molecule has 0 amide bonds. The van der Waals surface area contributed by atoms with E-state index in [9.17, 15) is 9.18 Å². The molecule has 2 aromatic rings. The van der Waals surface area contributed by atoms with Crippen molar-refractivity contribution in [2.75, 3.05) is 0 Å². The molecule has 2 atom stereocenters. The van der Waals surface area contributed by atoms with Crippen molar-refractivity contribution in [3.8, 4) is 0 Å². The average Bonchev–Trinajstić information content (AvgIpc) is 3.10. The summed E-state index contributed by atoms with van der Waals surface area (Å²) in [5.74, 6) is -1.29. The molecule has 0 unspecified atom stereocenters. The first-order valence-corrected chi connectivity index (χ1v) is 6.54. The lowest BCUT2D eigenvalue weighted by Crippen LogP contribution is -2.01. The Kier molecular flexibility index (Phi) is 3.04. The summed E-state index contributed by atoms with van der Waals surface area (Å²) in [7, 11) is 0. The summed E-state index contributed by atoms with van der Waals surface area (Å²) in [5.41, 5.74) is 3.25. The van der Waals surface area contributed by atoms with Crippen molar-refractivity contribution < 1.29 is 14.3 Å². The molecular formula is C15H15FN2O2. The van der Waals surface area contributed by atoms with Crippen LogP contribution in [0, 0.1) is 18.8 Å². The van der Waals surface area contributed by atoms with Gasteiger partial charge in [0, 0.05) is 6.54 Å². The Balaban J connectivity index is 1.76. The number of halogens is 1. The van der Waals surface area contributed by atoms with Crippen LogP contribution in [-0.2, 0) is 11.3 Å². The summed E-state index contributed by atoms with van der Waals surface area (Å²) < 4.78 is 14.5. The third-order valence-corrected chi connectivity index (χ3v) is 3.86. The van der Waals surface area contributed by atoms with Crippen LogP contribution in [-0.4, -0.2) is 20.6 Å². The van der Waals surface area contributed by atoms with Gasteiger partial charge in [0.15, 0.2) is 0 Å². The Morgan fingerprint density at radius 3 is 2.90 bits per heavy atom. The quantitative estimate of drug-likeness (QED) is 0.932. The molecule has 104 valence electrons. The van der Waals surface area contributed by atoms with Gasteiger partial charge in [-0.3, -0.25) is 4.79 Å². The van der Waals surface area contributed by atoms with Gasteiger partial charge in [-0.1, -0.05) is 18.2 Å². The van der Waals surface area contributed by atoms with Gasteiger partial charge in [0.2, 0.25) is 5.95 Å². The number of hydrogen-bond donors (Lipinski definition) is 1. The number of carboxylic acids is 1. The fourth-order valence-corrected chi connectivity index (χ4v) is 2.58. The number of nitrogens with zero attached hydrogens (tertiary/aromatic N) is 2. The molecule has 0 saturated heterocycles. The highest BCUT2D eigenvalue weighted by molar-refractivity contribution is 5.75. The molecule has 20 heavy (non-hydrogen) atoms. The van der Waals surface area contributed by atoms with Gasteiger partial charge < -0.3 is 9.67 Å². The van der Waals surface area contributed by atoms with Crippen LogP contribution in [0.2, 0.25) is 0 Å². The van der Waals surface area contributed by atoms with Crippen LogP contribution in [0.1, 0.15) is 29.0 Å². The number of aromatic nitrogens is 2. The molecule has 1 saturated carbocycles. The zero-order chi connectivity index (χ0) is 14.3. The monoisotopic (exact) mass is 274 g/mol. The molecule has 0 aliphatic heterocycles. The Morgan fingerprint density at radius 1 is 1.55 bits per heavy atom. The molecule has 1 fully saturated rings. The largest absolute Gasteiger partial charge is 0.481 e. The fourth-order valence-electron chi connectivity index (χ4n) is 2.58. The molecule has 0 bridgehead atoms. The van der Waals surface area contributed by atoms with E-state index in [0.717, 1.165) is 23.1 Å². The summed E-state index contributed by atoms with van der Waals surface area (Å²) in [6.07, 6.45) is 3.54. The second-order valence-electron chi connectivity index (χ2n) is 5.34. The number of benzene rings is 1. The maximum absolute atomic E-state index is 12.8. The van der Waals surface area contributed by atoms with Gasteiger partial charge in [0.1, 0.15) is 0 Å². The van der Waals surface area contributed by atoms with Gasteiger partial charge in [0.25, 0.3) is 0 Å². The van der Waals surface area contributed by atoms with Crippen LogP contribution in [0.15, 0.2) is 30.7 Å². The summed E-state index contributed by atoms with van der Waals surface area (Å²) in [6.45, 7) is 2.56. The first kappa shape index (κ1) is 12.8. The molecule has 1 aliphatic rings. The number of hydrogen-bond acceptors (Lipinski definition) is 2. The SMILES string of the molecule is Cc1cc([C@@H]2C[C@H]2C(=O)O)ccc1Cn1cnc(F)c1. The highest BCUT2D eigenvalue weighted by Gasteiger charge is 2.44. The van der Waals surface area contributed by atoms with Gasteiger partial charge in [-0.15, -0.1) is 0 Å². The Labute approximate surface area is 115 Å². The third kappa shape index (κ3) is 2.43. The zero-order valence-electron chi connectivity index (χ0n) is 11.1. The fraction of sp³-hybridized carbons (Fsp3) is 0.333. The highest BCUT2D eigenvalue weighted by Crippen LogP contribution is 2.47. The van der Waals surface area contributed by atoms with E-state index in [-0.39, 0.29) is 11.8 Å². The molecule has 1 aromatic heterocycles. The van der Waals surface area contributed by atoms with Crippen molar-refractivity contribution in [2.24, 2.45) is 5.92 Å². The average molecular weight is 274 g/mol. The zero-order valence-corrected chi connectivity index (χ0v) is 11.1. The molecule has 5 heteroatoms. The molecule has 1 aromatic carbocycles. The second-order valence-corrected chi connectivity index (χ2v) is 5.34. The van der Waals surface area contributed by atoms with Crippen LogP contribution >= 0.6 is 0 Å². The smallest absolute Gasteiger partial charge is 0.307 e. The lowest BCUT2D eigenvalue weighted by Gasteiger charge is -2.09. The first-order chi connectivity index (χ1) is 9.54. The Hall–Kier alpha value is -2.17. The van der Waals surface area contributed by atoms with Crippen molar-refractivity contribution in [3.63, 3.8) is 0 Å². The summed E-state index contributed by atoms with van der Waals surface area (Å²) >= 11 is 0. The van der Waals surface area contributed by atoms with Gasteiger partial charge in [0.05, 0.1) is 18.4 Å². The summed E-state index contributed by atoms with van der Waals surface area (Å²) in [5, 5.41) is 8.96. The molecule has 0 spiro atoms. The minimum Gasteiger partial charge on any atom is -0.481 e. The van der Waals surface area contributed by atoms with E-state index in [1.807, 2.05) is 25.1 Å². The Morgan fingerprint density at radius 2 is 2.35 bits per heavy atom. The summed E-state index contributed by atoms with van der Waals surface area (Å²) in [6, 6.07) is 6.00. The van der Waals surface area contributed by atoms with E-state index < -0.39 is 11.9 Å². The van der Waals surface area contributed by atoms with Crippen LogP contribution in [0.25, 0.3) is 0 Å². The van der Waals surface area contributed by atoms with Crippen molar-refractivity contribution >= 4 is 5.97 Å². The van der Waals surface area contributed by atoms with Gasteiger partial charge in [-0.25, -0.2) is 4.98 Å². The predicted octanol–water partition coefficient (Wildman–Crippen LogP) is 2.57. The molecule has 1 heterocycles. The van der Waals surface area contributed by atoms with Gasteiger partial charge >= 0.3 is 5.97 Å². The topological polar surface area (TPSA) is 55.1 Å². The van der Waals surface area contributed by atoms with E-state index in [4.69, 9.17) is 5.11 Å². The maximum Gasteiger partial charge on any atom is 0.307 e. The molecule has 3 rings (SSSR count). The van der Waals surface area contributed by atoms with Crippen LogP contribution in [0.5, 0.6) is 0 Å². The van der Waals surface area contributed by atoms with Crippen molar-refractivity contribution in [1.29, 1.82) is 0 Å². The Bertz CT molecular complexity index is 666. The number of carboxylic acid groups (broad SMARTS) is 1. The lowest BCUT2D eigenvalue weighted by atomic mass is 10.0. The molecule has 1 N–H and O–H groups in total. The van der Waals surface area contributed by atoms with E-state index >= 15 is 0 Å². The van der Waals surface area contributed by atoms with Gasteiger partial charge in [-0.2, -0.15) is 4.39 Å². The van der Waals surface area contributed by atoms with E-state index in [2.05, 4.69) is 4.98 Å². The molecular weight excluding hydrogens is 259 g/mol. The number of carbonyl (C=O) groups is 1. The predicted molar refractivity (Wildman–Crippen MR) is 70.9 cm³/mol.